The van der Waals surface area contributed by atoms with Gasteiger partial charge in [-0.3, -0.25) is 9.69 Å². The van der Waals surface area contributed by atoms with Gasteiger partial charge in [0.05, 0.1) is 6.04 Å². The highest BCUT2D eigenvalue weighted by atomic mass is 16.2. The van der Waals surface area contributed by atoms with E-state index in [1.807, 2.05) is 0 Å². The molecule has 0 bridgehead atoms. The molecule has 92 valence electrons. The van der Waals surface area contributed by atoms with Crippen LogP contribution in [0.4, 0.5) is 0 Å². The van der Waals surface area contributed by atoms with Crippen molar-refractivity contribution in [2.24, 2.45) is 11.7 Å². The molecular weight excluding hydrogens is 202 g/mol. The first-order chi connectivity index (χ1) is 7.77. The Labute approximate surface area is 97.6 Å². The van der Waals surface area contributed by atoms with Crippen molar-refractivity contribution in [3.8, 4) is 0 Å². The Morgan fingerprint density at radius 3 is 3.00 bits per heavy atom. The zero-order chi connectivity index (χ0) is 11.5. The van der Waals surface area contributed by atoms with Crippen LogP contribution in [0.5, 0.6) is 0 Å². The van der Waals surface area contributed by atoms with E-state index < -0.39 is 0 Å². The summed E-state index contributed by atoms with van der Waals surface area (Å²) < 4.78 is 0. The number of amides is 1. The van der Waals surface area contributed by atoms with E-state index in [0.29, 0.717) is 12.0 Å². The minimum Gasteiger partial charge on any atom is -0.353 e. The monoisotopic (exact) mass is 225 g/mol. The standard InChI is InChI=1S/C12H23N3O/c1-2-10-12(16)14-6-7-15(10)11-5-3-4-9(11)8-13/h9-11H,2-8,13H2,1H3,(H,14,16). The largest absolute Gasteiger partial charge is 0.353 e. The van der Waals surface area contributed by atoms with Crippen molar-refractivity contribution in [3.05, 3.63) is 0 Å². The van der Waals surface area contributed by atoms with E-state index in [-0.39, 0.29) is 11.9 Å². The van der Waals surface area contributed by atoms with Gasteiger partial charge in [-0.15, -0.1) is 0 Å². The molecule has 4 heteroatoms. The number of nitrogens with one attached hydrogen (secondary N) is 1. The first kappa shape index (κ1) is 11.9. The van der Waals surface area contributed by atoms with Gasteiger partial charge in [0, 0.05) is 19.1 Å². The molecule has 2 rings (SSSR count). The zero-order valence-corrected chi connectivity index (χ0v) is 10.1. The third kappa shape index (κ3) is 2.09. The lowest BCUT2D eigenvalue weighted by molar-refractivity contribution is -0.130. The summed E-state index contributed by atoms with van der Waals surface area (Å²) in [5, 5.41) is 2.96. The fourth-order valence-electron chi connectivity index (χ4n) is 3.28. The van der Waals surface area contributed by atoms with Crippen LogP contribution in [0.3, 0.4) is 0 Å². The van der Waals surface area contributed by atoms with E-state index in [2.05, 4.69) is 17.1 Å². The predicted octanol–water partition coefficient (Wildman–Crippen LogP) is 0.324. The summed E-state index contributed by atoms with van der Waals surface area (Å²) >= 11 is 0. The maximum Gasteiger partial charge on any atom is 0.237 e. The molecule has 0 aromatic heterocycles. The second-order valence-corrected chi connectivity index (χ2v) is 4.95. The first-order valence-electron chi connectivity index (χ1n) is 6.51. The van der Waals surface area contributed by atoms with Gasteiger partial charge in [0.25, 0.3) is 0 Å². The number of carbonyl (C=O) groups excluding carboxylic acids is 1. The SMILES string of the molecule is CCC1C(=O)NCCN1C1CCCC1CN. The van der Waals surface area contributed by atoms with Crippen LogP contribution in [0.25, 0.3) is 0 Å². The van der Waals surface area contributed by atoms with Crippen LogP contribution in [0.15, 0.2) is 0 Å². The zero-order valence-electron chi connectivity index (χ0n) is 10.1. The normalized spacial score (nSPS) is 36.4. The van der Waals surface area contributed by atoms with E-state index in [1.54, 1.807) is 0 Å². The van der Waals surface area contributed by atoms with Gasteiger partial charge in [0.2, 0.25) is 5.91 Å². The van der Waals surface area contributed by atoms with Crippen LogP contribution in [0.1, 0.15) is 32.6 Å². The molecule has 4 nitrogen and oxygen atoms in total. The van der Waals surface area contributed by atoms with Crippen molar-refractivity contribution < 1.29 is 4.79 Å². The topological polar surface area (TPSA) is 58.4 Å². The average Bonchev–Trinajstić information content (AvgIpc) is 2.76. The molecule has 1 aliphatic carbocycles. The van der Waals surface area contributed by atoms with E-state index >= 15 is 0 Å². The number of hydrogen-bond donors (Lipinski definition) is 2. The van der Waals surface area contributed by atoms with Gasteiger partial charge in [-0.2, -0.15) is 0 Å². The van der Waals surface area contributed by atoms with Crippen LogP contribution in [-0.4, -0.2) is 42.5 Å². The van der Waals surface area contributed by atoms with Crippen LogP contribution in [0.2, 0.25) is 0 Å². The molecule has 3 unspecified atom stereocenters. The van der Waals surface area contributed by atoms with Crippen LogP contribution < -0.4 is 11.1 Å². The molecule has 1 amide bonds. The number of hydrogen-bond acceptors (Lipinski definition) is 3. The molecule has 0 aromatic carbocycles. The highest BCUT2D eigenvalue weighted by molar-refractivity contribution is 5.82. The van der Waals surface area contributed by atoms with Gasteiger partial charge < -0.3 is 11.1 Å². The maximum absolute atomic E-state index is 11.8. The molecule has 3 N–H and O–H groups in total. The molecule has 0 spiro atoms. The summed E-state index contributed by atoms with van der Waals surface area (Å²) in [7, 11) is 0. The predicted molar refractivity (Wildman–Crippen MR) is 64.0 cm³/mol. The number of carbonyl (C=O) groups is 1. The van der Waals surface area contributed by atoms with Crippen LogP contribution >= 0.6 is 0 Å². The van der Waals surface area contributed by atoms with Crippen molar-refractivity contribution in [2.75, 3.05) is 19.6 Å². The van der Waals surface area contributed by atoms with Gasteiger partial charge >= 0.3 is 0 Å². The third-order valence-electron chi connectivity index (χ3n) is 4.11. The van der Waals surface area contributed by atoms with Crippen molar-refractivity contribution in [1.82, 2.24) is 10.2 Å². The molecule has 0 radical (unpaired) electrons. The lowest BCUT2D eigenvalue weighted by Gasteiger charge is -2.40. The van der Waals surface area contributed by atoms with Gasteiger partial charge in [0.15, 0.2) is 0 Å². The molecule has 2 aliphatic rings. The molecule has 2 fully saturated rings. The number of nitrogens with zero attached hydrogens (tertiary/aromatic N) is 1. The van der Waals surface area contributed by atoms with Gasteiger partial charge in [-0.05, 0) is 31.7 Å². The van der Waals surface area contributed by atoms with Crippen LogP contribution in [0, 0.1) is 5.92 Å². The summed E-state index contributed by atoms with van der Waals surface area (Å²) in [4.78, 5) is 14.2. The quantitative estimate of drug-likeness (QED) is 0.727. The summed E-state index contributed by atoms with van der Waals surface area (Å²) in [6.45, 7) is 4.64. The molecule has 1 saturated heterocycles. The maximum atomic E-state index is 11.8. The summed E-state index contributed by atoms with van der Waals surface area (Å²) in [5.74, 6) is 0.802. The molecule has 3 atom stereocenters. The summed E-state index contributed by atoms with van der Waals surface area (Å²) in [6, 6.07) is 0.617. The van der Waals surface area contributed by atoms with Gasteiger partial charge in [-0.25, -0.2) is 0 Å². The summed E-state index contributed by atoms with van der Waals surface area (Å²) in [5.41, 5.74) is 5.83. The lowest BCUT2D eigenvalue weighted by atomic mass is 9.98. The Morgan fingerprint density at radius 1 is 1.50 bits per heavy atom. The molecule has 1 heterocycles. The van der Waals surface area contributed by atoms with Gasteiger partial charge in [0.1, 0.15) is 0 Å². The Morgan fingerprint density at radius 2 is 2.31 bits per heavy atom. The lowest BCUT2D eigenvalue weighted by Crippen LogP contribution is -2.59. The molecule has 1 saturated carbocycles. The molecule has 16 heavy (non-hydrogen) atoms. The minimum atomic E-state index is 0.0749. The second kappa shape index (κ2) is 5.15. The first-order valence-corrected chi connectivity index (χ1v) is 6.51. The minimum absolute atomic E-state index is 0.0749. The number of piperazine rings is 1. The van der Waals surface area contributed by atoms with E-state index in [4.69, 9.17) is 5.73 Å². The Kier molecular flexibility index (Phi) is 3.82. The van der Waals surface area contributed by atoms with E-state index in [9.17, 15) is 4.79 Å². The highest BCUT2D eigenvalue weighted by Crippen LogP contribution is 2.31. The smallest absolute Gasteiger partial charge is 0.237 e. The van der Waals surface area contributed by atoms with Crippen molar-refractivity contribution in [2.45, 2.75) is 44.7 Å². The average molecular weight is 225 g/mol. The van der Waals surface area contributed by atoms with Crippen molar-refractivity contribution in [3.63, 3.8) is 0 Å². The third-order valence-corrected chi connectivity index (χ3v) is 4.11. The van der Waals surface area contributed by atoms with E-state index in [0.717, 1.165) is 26.1 Å². The molecule has 1 aliphatic heterocycles. The molecule has 0 aromatic rings. The molecular formula is C12H23N3O. The number of rotatable bonds is 3. The van der Waals surface area contributed by atoms with E-state index in [1.165, 1.54) is 19.3 Å². The summed E-state index contributed by atoms with van der Waals surface area (Å²) in [6.07, 6.45) is 4.61. The van der Waals surface area contributed by atoms with Crippen molar-refractivity contribution in [1.29, 1.82) is 0 Å². The number of nitrogens with two attached hydrogens (primary N) is 1. The fourth-order valence-corrected chi connectivity index (χ4v) is 3.28. The van der Waals surface area contributed by atoms with Crippen LogP contribution in [-0.2, 0) is 4.79 Å². The Hall–Kier alpha value is -0.610. The van der Waals surface area contributed by atoms with Gasteiger partial charge in [-0.1, -0.05) is 13.3 Å². The highest BCUT2D eigenvalue weighted by Gasteiger charge is 2.38. The fraction of sp³-hybridized carbons (Fsp3) is 0.917. The Bertz CT molecular complexity index is 257. The second-order valence-electron chi connectivity index (χ2n) is 4.95. The van der Waals surface area contributed by atoms with Crippen molar-refractivity contribution >= 4 is 5.91 Å². The Balaban J connectivity index is 2.08.